The highest BCUT2D eigenvalue weighted by Crippen LogP contribution is 2.11. The molecule has 0 spiro atoms. The van der Waals surface area contributed by atoms with E-state index in [4.69, 9.17) is 18.0 Å². The first kappa shape index (κ1) is 7.17. The van der Waals surface area contributed by atoms with Gasteiger partial charge in [0, 0.05) is 6.20 Å². The van der Waals surface area contributed by atoms with Crippen LogP contribution in [0.2, 0.25) is 5.02 Å². The van der Waals surface area contributed by atoms with Crippen molar-refractivity contribution in [3.8, 4) is 12.3 Å². The van der Waals surface area contributed by atoms with Crippen LogP contribution in [0.25, 0.3) is 0 Å². The second kappa shape index (κ2) is 2.76. The monoisotopic (exact) mass is 154 g/mol. The van der Waals surface area contributed by atoms with Gasteiger partial charge in [-0.15, -0.1) is 6.42 Å². The molecule has 2 nitrogen and oxygen atoms in total. The summed E-state index contributed by atoms with van der Waals surface area (Å²) in [5, 5.41) is 4.70. The summed E-state index contributed by atoms with van der Waals surface area (Å²) in [5.41, 5.74) is 0.817. The average molecular weight is 155 g/mol. The normalized spacial score (nSPS) is 9.30. The van der Waals surface area contributed by atoms with E-state index in [1.54, 1.807) is 10.9 Å². The van der Waals surface area contributed by atoms with Crippen LogP contribution in [-0.4, -0.2) is 9.78 Å². The van der Waals surface area contributed by atoms with Crippen LogP contribution in [0.3, 0.4) is 0 Å². The quantitative estimate of drug-likeness (QED) is 0.561. The van der Waals surface area contributed by atoms with Gasteiger partial charge in [0.2, 0.25) is 0 Å². The predicted octanol–water partition coefficient (Wildman–Crippen LogP) is 1.48. The van der Waals surface area contributed by atoms with Crippen molar-refractivity contribution in [2.75, 3.05) is 0 Å². The van der Waals surface area contributed by atoms with Gasteiger partial charge in [0.15, 0.2) is 0 Å². The highest BCUT2D eigenvalue weighted by atomic mass is 35.5. The third kappa shape index (κ3) is 1.31. The van der Waals surface area contributed by atoms with Gasteiger partial charge in [0.25, 0.3) is 0 Å². The molecule has 0 aromatic carbocycles. The van der Waals surface area contributed by atoms with E-state index in [1.165, 1.54) is 0 Å². The zero-order chi connectivity index (χ0) is 7.56. The van der Waals surface area contributed by atoms with Crippen molar-refractivity contribution in [2.24, 2.45) is 0 Å². The zero-order valence-electron chi connectivity index (χ0n) is 5.63. The Balaban J connectivity index is 2.90. The van der Waals surface area contributed by atoms with Gasteiger partial charge in [-0.2, -0.15) is 5.10 Å². The Bertz CT molecular complexity index is 250. The first-order valence-electron chi connectivity index (χ1n) is 2.87. The van der Waals surface area contributed by atoms with Crippen LogP contribution in [0.5, 0.6) is 0 Å². The topological polar surface area (TPSA) is 17.8 Å². The lowest BCUT2D eigenvalue weighted by atomic mass is 10.5. The molecule has 0 saturated carbocycles. The molecule has 0 N–H and O–H groups in total. The molecule has 1 aromatic rings. The summed E-state index contributed by atoms with van der Waals surface area (Å²) in [5.74, 6) is 2.47. The molecule has 0 aliphatic carbocycles. The van der Waals surface area contributed by atoms with Crippen molar-refractivity contribution in [3.05, 3.63) is 16.9 Å². The maximum Gasteiger partial charge on any atom is 0.101 e. The molecule has 52 valence electrons. The second-order valence-electron chi connectivity index (χ2n) is 1.96. The number of hydrogen-bond acceptors (Lipinski definition) is 1. The number of aryl methyl sites for hydroxylation is 1. The molecule has 1 aromatic heterocycles. The Labute approximate surface area is 64.8 Å². The Morgan fingerprint density at radius 2 is 2.60 bits per heavy atom. The van der Waals surface area contributed by atoms with Gasteiger partial charge < -0.3 is 0 Å². The summed E-state index contributed by atoms with van der Waals surface area (Å²) in [7, 11) is 0. The third-order valence-electron chi connectivity index (χ3n) is 1.14. The van der Waals surface area contributed by atoms with Crippen molar-refractivity contribution in [1.82, 2.24) is 9.78 Å². The number of rotatable bonds is 1. The van der Waals surface area contributed by atoms with E-state index >= 15 is 0 Å². The van der Waals surface area contributed by atoms with E-state index in [-0.39, 0.29) is 0 Å². The number of aromatic nitrogens is 2. The molecular formula is C7H7ClN2. The minimum Gasteiger partial charge on any atom is -0.259 e. The minimum atomic E-state index is 0.480. The number of halogens is 1. The Hall–Kier alpha value is -0.940. The average Bonchev–Trinajstić information content (AvgIpc) is 2.14. The molecule has 0 saturated heterocycles. The smallest absolute Gasteiger partial charge is 0.101 e. The molecule has 10 heavy (non-hydrogen) atoms. The number of nitrogens with zero attached hydrogens (tertiary/aromatic N) is 2. The second-order valence-corrected chi connectivity index (χ2v) is 2.37. The maximum atomic E-state index is 5.71. The van der Waals surface area contributed by atoms with Gasteiger partial charge in [-0.1, -0.05) is 17.5 Å². The van der Waals surface area contributed by atoms with Gasteiger partial charge in [0.05, 0.1) is 10.7 Å². The predicted molar refractivity (Wildman–Crippen MR) is 40.8 cm³/mol. The zero-order valence-corrected chi connectivity index (χ0v) is 6.39. The lowest BCUT2D eigenvalue weighted by Gasteiger charge is -1.88. The number of terminal acetylenes is 1. The lowest BCUT2D eigenvalue weighted by Crippen LogP contribution is -1.95. The van der Waals surface area contributed by atoms with E-state index in [1.807, 2.05) is 6.92 Å². The van der Waals surface area contributed by atoms with Gasteiger partial charge in [-0.25, -0.2) is 0 Å². The van der Waals surface area contributed by atoms with Crippen molar-refractivity contribution in [2.45, 2.75) is 13.5 Å². The summed E-state index contributed by atoms with van der Waals surface area (Å²) in [6.07, 6.45) is 6.78. The van der Waals surface area contributed by atoms with Crippen molar-refractivity contribution in [1.29, 1.82) is 0 Å². The van der Waals surface area contributed by atoms with Gasteiger partial charge >= 0.3 is 0 Å². The highest BCUT2D eigenvalue weighted by molar-refractivity contribution is 6.31. The summed E-state index contributed by atoms with van der Waals surface area (Å²) in [6, 6.07) is 0. The van der Waals surface area contributed by atoms with E-state index in [9.17, 15) is 0 Å². The first-order chi connectivity index (χ1) is 4.74. The maximum absolute atomic E-state index is 5.71. The fourth-order valence-electron chi connectivity index (χ4n) is 0.668. The fourth-order valence-corrected chi connectivity index (χ4v) is 0.819. The molecule has 0 radical (unpaired) electrons. The van der Waals surface area contributed by atoms with Crippen LogP contribution in [0.1, 0.15) is 5.69 Å². The molecule has 1 rings (SSSR count). The molecular weight excluding hydrogens is 148 g/mol. The van der Waals surface area contributed by atoms with Gasteiger partial charge in [-0.05, 0) is 6.92 Å². The van der Waals surface area contributed by atoms with Crippen molar-refractivity contribution >= 4 is 11.6 Å². The first-order valence-corrected chi connectivity index (χ1v) is 3.25. The van der Waals surface area contributed by atoms with Crippen LogP contribution in [0.15, 0.2) is 6.20 Å². The van der Waals surface area contributed by atoms with E-state index in [0.29, 0.717) is 11.6 Å². The van der Waals surface area contributed by atoms with Crippen molar-refractivity contribution in [3.63, 3.8) is 0 Å². The van der Waals surface area contributed by atoms with Crippen LogP contribution >= 0.6 is 11.6 Å². The SMILES string of the molecule is C#CCn1cc(Cl)c(C)n1. The third-order valence-corrected chi connectivity index (χ3v) is 1.51. The van der Waals surface area contributed by atoms with Crippen LogP contribution < -0.4 is 0 Å². The highest BCUT2D eigenvalue weighted by Gasteiger charge is 1.98. The molecule has 1 heterocycles. The van der Waals surface area contributed by atoms with Crippen molar-refractivity contribution < 1.29 is 0 Å². The molecule has 0 aliphatic heterocycles. The van der Waals surface area contributed by atoms with Gasteiger partial charge in [0.1, 0.15) is 6.54 Å². The summed E-state index contributed by atoms with van der Waals surface area (Å²) < 4.78 is 1.64. The Morgan fingerprint density at radius 1 is 1.90 bits per heavy atom. The van der Waals surface area contributed by atoms with Gasteiger partial charge in [-0.3, -0.25) is 4.68 Å². The molecule has 3 heteroatoms. The van der Waals surface area contributed by atoms with E-state index in [2.05, 4.69) is 11.0 Å². The Kier molecular flexibility index (Phi) is 1.98. The van der Waals surface area contributed by atoms with Crippen LogP contribution in [0.4, 0.5) is 0 Å². The fraction of sp³-hybridized carbons (Fsp3) is 0.286. The summed E-state index contributed by atoms with van der Waals surface area (Å²) in [4.78, 5) is 0. The molecule has 0 bridgehead atoms. The molecule has 0 fully saturated rings. The van der Waals surface area contributed by atoms with E-state index < -0.39 is 0 Å². The minimum absolute atomic E-state index is 0.480. The largest absolute Gasteiger partial charge is 0.259 e. The molecule has 0 atom stereocenters. The summed E-state index contributed by atoms with van der Waals surface area (Å²) in [6.45, 7) is 2.32. The standard InChI is InChI=1S/C7H7ClN2/c1-3-4-10-5-7(8)6(2)9-10/h1,5H,4H2,2H3. The van der Waals surface area contributed by atoms with E-state index in [0.717, 1.165) is 5.69 Å². The molecule has 0 amide bonds. The van der Waals surface area contributed by atoms with Crippen LogP contribution in [-0.2, 0) is 6.54 Å². The van der Waals surface area contributed by atoms with Crippen LogP contribution in [0, 0.1) is 19.3 Å². The number of hydrogen-bond donors (Lipinski definition) is 0. The molecule has 0 aliphatic rings. The molecule has 0 unspecified atom stereocenters. The summed E-state index contributed by atoms with van der Waals surface area (Å²) >= 11 is 5.71. The Morgan fingerprint density at radius 3 is 3.00 bits per heavy atom. The lowest BCUT2D eigenvalue weighted by molar-refractivity contribution is 0.707.